The highest BCUT2D eigenvalue weighted by molar-refractivity contribution is 5.95. The maximum absolute atomic E-state index is 11.7. The number of hydrogen-bond donors (Lipinski definition) is 3. The second-order valence-electron chi connectivity index (χ2n) is 5.55. The second kappa shape index (κ2) is 10.1. The van der Waals surface area contributed by atoms with Gasteiger partial charge < -0.3 is 15.4 Å². The van der Waals surface area contributed by atoms with Gasteiger partial charge >= 0.3 is 12.0 Å². The van der Waals surface area contributed by atoms with Crippen molar-refractivity contribution in [1.29, 1.82) is 0 Å². The summed E-state index contributed by atoms with van der Waals surface area (Å²) in [5, 5.41) is 7.26. The number of carbonyl (C=O) groups excluding carboxylic acids is 4. The van der Waals surface area contributed by atoms with Crippen molar-refractivity contribution in [3.8, 4) is 0 Å². The molecule has 8 nitrogen and oxygen atoms in total. The van der Waals surface area contributed by atoms with Crippen molar-refractivity contribution in [3.05, 3.63) is 29.8 Å². The van der Waals surface area contributed by atoms with Crippen molar-refractivity contribution in [2.24, 2.45) is 0 Å². The molecule has 0 bridgehead atoms. The predicted molar refractivity (Wildman–Crippen MR) is 91.8 cm³/mol. The molecule has 25 heavy (non-hydrogen) atoms. The lowest BCUT2D eigenvalue weighted by Gasteiger charge is -2.11. The van der Waals surface area contributed by atoms with Gasteiger partial charge in [-0.2, -0.15) is 0 Å². The number of carbonyl (C=O) groups is 4. The number of rotatable bonds is 7. The lowest BCUT2D eigenvalue weighted by Crippen LogP contribution is -2.44. The molecule has 136 valence electrons. The molecule has 0 saturated carbocycles. The molecular weight excluding hydrogens is 326 g/mol. The Bertz CT molecular complexity index is 628. The lowest BCUT2D eigenvalue weighted by atomic mass is 10.1. The number of hydrogen-bond acceptors (Lipinski definition) is 5. The molecule has 1 atom stereocenters. The molecular formula is C17H23N3O5. The molecule has 0 unspecified atom stereocenters. The fourth-order valence-corrected chi connectivity index (χ4v) is 1.80. The quantitative estimate of drug-likeness (QED) is 0.643. The first-order valence-corrected chi connectivity index (χ1v) is 7.92. The van der Waals surface area contributed by atoms with E-state index in [0.29, 0.717) is 11.3 Å². The molecule has 0 aliphatic carbocycles. The fraction of sp³-hybridized carbons (Fsp3) is 0.412. The summed E-state index contributed by atoms with van der Waals surface area (Å²) in [6.07, 6.45) is 0.712. The molecule has 0 spiro atoms. The van der Waals surface area contributed by atoms with Crippen LogP contribution in [0.1, 0.15) is 32.8 Å². The first kappa shape index (κ1) is 20.1. The van der Waals surface area contributed by atoms with E-state index in [2.05, 4.69) is 16.0 Å². The smallest absolute Gasteiger partial charge is 0.321 e. The van der Waals surface area contributed by atoms with Crippen LogP contribution >= 0.6 is 0 Å². The number of amides is 4. The Labute approximate surface area is 146 Å². The van der Waals surface area contributed by atoms with Crippen LogP contribution in [-0.2, 0) is 25.5 Å². The summed E-state index contributed by atoms with van der Waals surface area (Å²) >= 11 is 0. The maximum Gasteiger partial charge on any atom is 0.321 e. The Morgan fingerprint density at radius 2 is 1.76 bits per heavy atom. The summed E-state index contributed by atoms with van der Waals surface area (Å²) < 4.78 is 4.83. The first-order chi connectivity index (χ1) is 11.8. The Morgan fingerprint density at radius 3 is 2.32 bits per heavy atom. The molecule has 1 aromatic carbocycles. The van der Waals surface area contributed by atoms with Crippen LogP contribution in [0.5, 0.6) is 0 Å². The predicted octanol–water partition coefficient (Wildman–Crippen LogP) is 1.35. The van der Waals surface area contributed by atoms with Crippen LogP contribution in [0.4, 0.5) is 10.5 Å². The Hall–Kier alpha value is -2.90. The Balaban J connectivity index is 2.35. The van der Waals surface area contributed by atoms with Crippen LogP contribution in [0.3, 0.4) is 0 Å². The molecule has 0 aliphatic rings. The average Bonchev–Trinajstić information content (AvgIpc) is 2.54. The van der Waals surface area contributed by atoms with Gasteiger partial charge in [0.25, 0.3) is 5.91 Å². The van der Waals surface area contributed by atoms with Gasteiger partial charge in [0.2, 0.25) is 5.91 Å². The lowest BCUT2D eigenvalue weighted by molar-refractivity contribution is -0.147. The van der Waals surface area contributed by atoms with Gasteiger partial charge in [-0.1, -0.05) is 19.1 Å². The van der Waals surface area contributed by atoms with Crippen LogP contribution < -0.4 is 16.0 Å². The van der Waals surface area contributed by atoms with Crippen molar-refractivity contribution in [1.82, 2.24) is 10.6 Å². The highest BCUT2D eigenvalue weighted by Crippen LogP contribution is 2.10. The minimum absolute atomic E-state index is 0.0211. The molecule has 3 N–H and O–H groups in total. The minimum Gasteiger partial charge on any atom is -0.455 e. The normalized spacial score (nSPS) is 11.2. The molecule has 4 amide bonds. The van der Waals surface area contributed by atoms with Gasteiger partial charge in [0, 0.05) is 18.7 Å². The van der Waals surface area contributed by atoms with Crippen molar-refractivity contribution in [2.45, 2.75) is 39.7 Å². The number of benzene rings is 1. The van der Waals surface area contributed by atoms with E-state index >= 15 is 0 Å². The van der Waals surface area contributed by atoms with Crippen molar-refractivity contribution in [3.63, 3.8) is 0 Å². The number of ether oxygens (including phenoxy) is 1. The van der Waals surface area contributed by atoms with Gasteiger partial charge in [-0.15, -0.1) is 0 Å². The number of urea groups is 1. The molecule has 0 aromatic heterocycles. The van der Waals surface area contributed by atoms with Crippen LogP contribution in [0, 0.1) is 0 Å². The van der Waals surface area contributed by atoms with Gasteiger partial charge in [-0.3, -0.25) is 19.7 Å². The summed E-state index contributed by atoms with van der Waals surface area (Å²) in [5.41, 5.74) is 1.30. The van der Waals surface area contributed by atoms with Crippen molar-refractivity contribution >= 4 is 29.5 Å². The minimum atomic E-state index is -0.699. The molecule has 1 aromatic rings. The van der Waals surface area contributed by atoms with E-state index < -0.39 is 24.5 Å². The number of imide groups is 1. The van der Waals surface area contributed by atoms with Crippen LogP contribution in [-0.4, -0.2) is 36.5 Å². The third-order valence-electron chi connectivity index (χ3n) is 3.23. The van der Waals surface area contributed by atoms with E-state index in [1.165, 1.54) is 6.92 Å². The van der Waals surface area contributed by atoms with Crippen LogP contribution in [0.15, 0.2) is 24.3 Å². The van der Waals surface area contributed by atoms with E-state index in [4.69, 9.17) is 4.74 Å². The molecule has 8 heteroatoms. The van der Waals surface area contributed by atoms with Crippen LogP contribution in [0.2, 0.25) is 0 Å². The third kappa shape index (κ3) is 8.50. The van der Waals surface area contributed by atoms with Gasteiger partial charge in [0.1, 0.15) is 0 Å². The monoisotopic (exact) mass is 349 g/mol. The summed E-state index contributed by atoms with van der Waals surface area (Å²) in [5.74, 6) is -1.48. The summed E-state index contributed by atoms with van der Waals surface area (Å²) in [6.45, 7) is 4.58. The van der Waals surface area contributed by atoms with Gasteiger partial charge in [0.15, 0.2) is 6.61 Å². The zero-order chi connectivity index (χ0) is 18.8. The SMILES string of the molecule is CC[C@@H](C)NC(=O)NC(=O)COC(=O)Cc1ccc(NC(C)=O)cc1. The first-order valence-electron chi connectivity index (χ1n) is 7.92. The standard InChI is InChI=1S/C17H23N3O5/c1-4-11(2)18-17(24)20-15(22)10-25-16(23)9-13-5-7-14(8-6-13)19-12(3)21/h5-8,11H,4,9-10H2,1-3H3,(H,19,21)(H2,18,20,22,24)/t11-/m1/s1. The molecule has 0 fully saturated rings. The number of esters is 1. The van der Waals surface area contributed by atoms with E-state index in [1.807, 2.05) is 6.92 Å². The topological polar surface area (TPSA) is 114 Å². The largest absolute Gasteiger partial charge is 0.455 e. The van der Waals surface area contributed by atoms with E-state index in [-0.39, 0.29) is 18.4 Å². The summed E-state index contributed by atoms with van der Waals surface area (Å²) in [6, 6.07) is 5.99. The maximum atomic E-state index is 11.7. The molecule has 0 saturated heterocycles. The van der Waals surface area contributed by atoms with Crippen molar-refractivity contribution < 1.29 is 23.9 Å². The zero-order valence-electron chi connectivity index (χ0n) is 14.5. The second-order valence-corrected chi connectivity index (χ2v) is 5.55. The summed E-state index contributed by atoms with van der Waals surface area (Å²) in [7, 11) is 0. The van der Waals surface area contributed by atoms with E-state index in [0.717, 1.165) is 6.42 Å². The summed E-state index contributed by atoms with van der Waals surface area (Å²) in [4.78, 5) is 45.6. The molecule has 0 heterocycles. The Morgan fingerprint density at radius 1 is 1.12 bits per heavy atom. The van der Waals surface area contributed by atoms with Gasteiger partial charge in [-0.05, 0) is 31.0 Å². The highest BCUT2D eigenvalue weighted by Gasteiger charge is 2.12. The molecule has 1 rings (SSSR count). The van der Waals surface area contributed by atoms with Gasteiger partial charge in [0.05, 0.1) is 6.42 Å². The van der Waals surface area contributed by atoms with Crippen molar-refractivity contribution in [2.75, 3.05) is 11.9 Å². The zero-order valence-corrected chi connectivity index (χ0v) is 14.5. The highest BCUT2D eigenvalue weighted by atomic mass is 16.5. The fourth-order valence-electron chi connectivity index (χ4n) is 1.80. The van der Waals surface area contributed by atoms with Gasteiger partial charge in [-0.25, -0.2) is 4.79 Å². The molecule has 0 radical (unpaired) electrons. The van der Waals surface area contributed by atoms with Crippen LogP contribution in [0.25, 0.3) is 0 Å². The van der Waals surface area contributed by atoms with E-state index in [9.17, 15) is 19.2 Å². The Kier molecular flexibility index (Phi) is 8.11. The number of anilines is 1. The van der Waals surface area contributed by atoms with E-state index in [1.54, 1.807) is 31.2 Å². The number of nitrogens with one attached hydrogen (secondary N) is 3. The third-order valence-corrected chi connectivity index (χ3v) is 3.23. The average molecular weight is 349 g/mol. The molecule has 0 aliphatic heterocycles.